The monoisotopic (exact) mass is 383 g/mol. The van der Waals surface area contributed by atoms with Crippen molar-refractivity contribution in [2.75, 3.05) is 13.2 Å². The van der Waals surface area contributed by atoms with Crippen LogP contribution < -0.4 is 11.1 Å². The minimum atomic E-state index is -0.0354. The smallest absolute Gasteiger partial charge is 0.189 e. The minimum absolute atomic E-state index is 0. The van der Waals surface area contributed by atoms with E-state index in [4.69, 9.17) is 10.5 Å². The zero-order chi connectivity index (χ0) is 13.6. The average molecular weight is 383 g/mol. The second-order valence-corrected chi connectivity index (χ2v) is 6.31. The fourth-order valence-corrected chi connectivity index (χ4v) is 2.32. The third kappa shape index (κ3) is 8.68. The lowest BCUT2D eigenvalue weighted by Gasteiger charge is -2.28. The number of aliphatic imine (C=N–C) groups is 1. The van der Waals surface area contributed by atoms with E-state index in [1.54, 1.807) is 0 Å². The topological polar surface area (TPSA) is 59.6 Å². The van der Waals surface area contributed by atoms with Crippen LogP contribution in [0.3, 0.4) is 0 Å². The van der Waals surface area contributed by atoms with Gasteiger partial charge in [0.2, 0.25) is 0 Å². The number of halogens is 1. The second kappa shape index (κ2) is 9.00. The summed E-state index contributed by atoms with van der Waals surface area (Å²) < 4.78 is 5.89. The quantitative estimate of drug-likeness (QED) is 0.340. The molecule has 0 aromatic carbocycles. The number of nitrogens with one attached hydrogen (secondary N) is 1. The van der Waals surface area contributed by atoms with E-state index in [1.807, 2.05) is 0 Å². The van der Waals surface area contributed by atoms with Gasteiger partial charge in [0, 0.05) is 5.54 Å². The van der Waals surface area contributed by atoms with E-state index >= 15 is 0 Å². The van der Waals surface area contributed by atoms with Crippen LogP contribution in [0.4, 0.5) is 0 Å². The Morgan fingerprint density at radius 2 is 1.95 bits per heavy atom. The van der Waals surface area contributed by atoms with Gasteiger partial charge in [-0.05, 0) is 39.5 Å². The van der Waals surface area contributed by atoms with Gasteiger partial charge < -0.3 is 15.8 Å². The van der Waals surface area contributed by atoms with Crippen LogP contribution in [0.5, 0.6) is 0 Å². The summed E-state index contributed by atoms with van der Waals surface area (Å²) in [6, 6.07) is 0. The van der Waals surface area contributed by atoms with Gasteiger partial charge in [0.1, 0.15) is 0 Å². The number of hydrogen-bond acceptors (Lipinski definition) is 2. The van der Waals surface area contributed by atoms with Crippen molar-refractivity contribution in [3.8, 4) is 0 Å². The molecular weight excluding hydrogens is 353 g/mol. The van der Waals surface area contributed by atoms with Crippen molar-refractivity contribution >= 4 is 29.9 Å². The molecule has 114 valence electrons. The number of hydrogen-bond donors (Lipinski definition) is 2. The third-order valence-electron chi connectivity index (χ3n) is 3.24. The molecule has 3 N–H and O–H groups in total. The first-order valence-electron chi connectivity index (χ1n) is 7.08. The van der Waals surface area contributed by atoms with Gasteiger partial charge in [-0.3, -0.25) is 4.99 Å². The summed E-state index contributed by atoms with van der Waals surface area (Å²) in [5.41, 5.74) is 5.75. The predicted octanol–water partition coefficient (Wildman–Crippen LogP) is 2.90. The molecule has 4 nitrogen and oxygen atoms in total. The van der Waals surface area contributed by atoms with E-state index in [-0.39, 0.29) is 29.5 Å². The van der Waals surface area contributed by atoms with Gasteiger partial charge in [-0.15, -0.1) is 24.0 Å². The Hall–Kier alpha value is -0.0400. The lowest BCUT2D eigenvalue weighted by atomic mass is 9.88. The molecule has 0 heterocycles. The molecule has 5 heteroatoms. The summed E-state index contributed by atoms with van der Waals surface area (Å²) in [4.78, 5) is 4.28. The minimum Gasteiger partial charge on any atom is -0.376 e. The van der Waals surface area contributed by atoms with Gasteiger partial charge in [0.05, 0.1) is 19.3 Å². The summed E-state index contributed by atoms with van der Waals surface area (Å²) in [5.74, 6) is 1.19. The lowest BCUT2D eigenvalue weighted by molar-refractivity contribution is -0.000663. The molecule has 1 aliphatic rings. The molecule has 0 radical (unpaired) electrons. The lowest BCUT2D eigenvalue weighted by Crippen LogP contribution is -2.45. The van der Waals surface area contributed by atoms with Gasteiger partial charge in [-0.1, -0.05) is 19.8 Å². The summed E-state index contributed by atoms with van der Waals surface area (Å²) in [5, 5.41) is 3.14. The molecule has 0 aromatic heterocycles. The first-order chi connectivity index (χ1) is 8.38. The van der Waals surface area contributed by atoms with Crippen LogP contribution in [0.25, 0.3) is 0 Å². The standard InChI is InChI=1S/C14H29N3O.HI/c1-11-7-5-6-8-12(11)18-10-9-16-13(15)17-14(2,3)4;/h11-12H,5-10H2,1-4H3,(H3,15,16,17);1H. The third-order valence-corrected chi connectivity index (χ3v) is 3.24. The van der Waals surface area contributed by atoms with Crippen LogP contribution in [0, 0.1) is 5.92 Å². The van der Waals surface area contributed by atoms with Crippen molar-refractivity contribution in [2.24, 2.45) is 16.6 Å². The maximum Gasteiger partial charge on any atom is 0.189 e. The Kier molecular flexibility index (Phi) is 8.98. The van der Waals surface area contributed by atoms with Crippen LogP contribution in [0.1, 0.15) is 53.4 Å². The summed E-state index contributed by atoms with van der Waals surface area (Å²) in [6.45, 7) is 9.78. The highest BCUT2D eigenvalue weighted by Gasteiger charge is 2.21. The molecule has 0 saturated heterocycles. The van der Waals surface area contributed by atoms with Crippen LogP contribution in [0.15, 0.2) is 4.99 Å². The molecule has 1 aliphatic carbocycles. The first-order valence-corrected chi connectivity index (χ1v) is 7.08. The highest BCUT2D eigenvalue weighted by Crippen LogP contribution is 2.25. The Morgan fingerprint density at radius 1 is 1.32 bits per heavy atom. The zero-order valence-electron chi connectivity index (χ0n) is 12.7. The molecule has 2 unspecified atom stereocenters. The van der Waals surface area contributed by atoms with Crippen molar-refractivity contribution in [2.45, 2.75) is 65.0 Å². The van der Waals surface area contributed by atoms with E-state index < -0.39 is 0 Å². The number of ether oxygens (including phenoxy) is 1. The largest absolute Gasteiger partial charge is 0.376 e. The van der Waals surface area contributed by atoms with Gasteiger partial charge in [0.25, 0.3) is 0 Å². The van der Waals surface area contributed by atoms with Crippen LogP contribution in [-0.2, 0) is 4.74 Å². The van der Waals surface area contributed by atoms with Crippen molar-refractivity contribution in [3.05, 3.63) is 0 Å². The van der Waals surface area contributed by atoms with Crippen LogP contribution in [0.2, 0.25) is 0 Å². The van der Waals surface area contributed by atoms with Gasteiger partial charge >= 0.3 is 0 Å². The van der Waals surface area contributed by atoms with E-state index in [2.05, 4.69) is 38.0 Å². The molecule has 0 amide bonds. The Balaban J connectivity index is 0.00000324. The molecule has 19 heavy (non-hydrogen) atoms. The molecule has 0 aromatic rings. The summed E-state index contributed by atoms with van der Waals surface area (Å²) in [7, 11) is 0. The molecule has 1 fully saturated rings. The highest BCUT2D eigenvalue weighted by atomic mass is 127. The molecular formula is C14H30IN3O. The highest BCUT2D eigenvalue weighted by molar-refractivity contribution is 14.0. The van der Waals surface area contributed by atoms with Crippen molar-refractivity contribution in [3.63, 3.8) is 0 Å². The van der Waals surface area contributed by atoms with Crippen LogP contribution >= 0.6 is 24.0 Å². The fraction of sp³-hybridized carbons (Fsp3) is 0.929. The normalized spacial score (nSPS) is 24.7. The SMILES string of the molecule is CC1CCCCC1OCCN=C(N)NC(C)(C)C.I. The first kappa shape index (κ1) is 19.0. The molecule has 2 atom stereocenters. The molecule has 0 spiro atoms. The summed E-state index contributed by atoms with van der Waals surface area (Å²) in [6.07, 6.45) is 5.56. The fourth-order valence-electron chi connectivity index (χ4n) is 2.32. The molecule has 1 rings (SSSR count). The van der Waals surface area contributed by atoms with E-state index in [9.17, 15) is 0 Å². The van der Waals surface area contributed by atoms with E-state index in [1.165, 1.54) is 25.7 Å². The second-order valence-electron chi connectivity index (χ2n) is 6.31. The summed E-state index contributed by atoms with van der Waals surface area (Å²) >= 11 is 0. The predicted molar refractivity (Wildman–Crippen MR) is 92.2 cm³/mol. The van der Waals surface area contributed by atoms with Crippen molar-refractivity contribution in [1.82, 2.24) is 5.32 Å². The van der Waals surface area contributed by atoms with E-state index in [0.717, 1.165) is 0 Å². The van der Waals surface area contributed by atoms with Gasteiger partial charge in [0.15, 0.2) is 5.96 Å². The number of nitrogens with zero attached hydrogens (tertiary/aromatic N) is 1. The average Bonchev–Trinajstić information content (AvgIpc) is 2.24. The molecule has 1 saturated carbocycles. The van der Waals surface area contributed by atoms with Crippen molar-refractivity contribution in [1.29, 1.82) is 0 Å². The van der Waals surface area contributed by atoms with Gasteiger partial charge in [-0.2, -0.15) is 0 Å². The Bertz CT molecular complexity index is 276. The van der Waals surface area contributed by atoms with E-state index in [0.29, 0.717) is 31.1 Å². The number of rotatable bonds is 4. The molecule has 0 bridgehead atoms. The molecule has 0 aliphatic heterocycles. The maximum absolute atomic E-state index is 5.89. The Morgan fingerprint density at radius 3 is 2.53 bits per heavy atom. The number of nitrogens with two attached hydrogens (primary N) is 1. The van der Waals surface area contributed by atoms with Crippen molar-refractivity contribution < 1.29 is 4.74 Å². The maximum atomic E-state index is 5.89. The number of guanidine groups is 1. The van der Waals surface area contributed by atoms with Gasteiger partial charge in [-0.25, -0.2) is 0 Å². The zero-order valence-corrected chi connectivity index (χ0v) is 15.1. The Labute approximate surface area is 135 Å². The van der Waals surface area contributed by atoms with Crippen LogP contribution in [-0.4, -0.2) is 30.8 Å².